The molecule has 0 aliphatic rings. The molecular formula is C15H15N3O2. The third-order valence-corrected chi connectivity index (χ3v) is 3.10. The largest absolute Gasteiger partial charge is 0.508 e. The topological polar surface area (TPSA) is 75.5 Å². The average molecular weight is 269 g/mol. The van der Waals surface area contributed by atoms with Crippen LogP contribution >= 0.6 is 0 Å². The van der Waals surface area contributed by atoms with Crippen LogP contribution in [0.4, 0.5) is 11.4 Å². The lowest BCUT2D eigenvalue weighted by Gasteiger charge is -2.17. The van der Waals surface area contributed by atoms with Crippen LogP contribution in [0.1, 0.15) is 5.89 Å². The fraction of sp³-hybridized carbons (Fsp3) is 0.133. The van der Waals surface area contributed by atoms with Crippen LogP contribution in [0, 0.1) is 0 Å². The van der Waals surface area contributed by atoms with E-state index in [1.807, 2.05) is 24.1 Å². The third kappa shape index (κ3) is 2.38. The van der Waals surface area contributed by atoms with Crippen molar-refractivity contribution in [2.45, 2.75) is 6.54 Å². The third-order valence-electron chi connectivity index (χ3n) is 3.10. The van der Waals surface area contributed by atoms with E-state index in [9.17, 15) is 5.11 Å². The van der Waals surface area contributed by atoms with Crippen molar-refractivity contribution in [1.82, 2.24) is 4.98 Å². The van der Waals surface area contributed by atoms with Crippen molar-refractivity contribution in [3.05, 3.63) is 48.4 Å². The summed E-state index contributed by atoms with van der Waals surface area (Å²) in [5.74, 6) is 0.844. The highest BCUT2D eigenvalue weighted by molar-refractivity contribution is 5.76. The predicted molar refractivity (Wildman–Crippen MR) is 78.6 cm³/mol. The summed E-state index contributed by atoms with van der Waals surface area (Å²) in [5, 5.41) is 9.49. The first-order chi connectivity index (χ1) is 9.61. The van der Waals surface area contributed by atoms with Crippen molar-refractivity contribution in [1.29, 1.82) is 0 Å². The van der Waals surface area contributed by atoms with Crippen LogP contribution < -0.4 is 10.6 Å². The van der Waals surface area contributed by atoms with Gasteiger partial charge in [-0.15, -0.1) is 0 Å². The summed E-state index contributed by atoms with van der Waals surface area (Å²) in [6.45, 7) is 0.512. The molecule has 3 rings (SSSR count). The van der Waals surface area contributed by atoms with Gasteiger partial charge in [0.2, 0.25) is 5.89 Å². The summed E-state index contributed by atoms with van der Waals surface area (Å²) in [5.41, 5.74) is 8.74. The normalized spacial score (nSPS) is 10.8. The van der Waals surface area contributed by atoms with Gasteiger partial charge in [0.15, 0.2) is 5.58 Å². The van der Waals surface area contributed by atoms with Gasteiger partial charge < -0.3 is 20.2 Å². The van der Waals surface area contributed by atoms with Crippen molar-refractivity contribution in [2.24, 2.45) is 0 Å². The molecule has 0 saturated carbocycles. The van der Waals surface area contributed by atoms with Crippen LogP contribution in [0.15, 0.2) is 46.9 Å². The van der Waals surface area contributed by atoms with Gasteiger partial charge in [0.05, 0.1) is 6.54 Å². The smallest absolute Gasteiger partial charge is 0.215 e. The van der Waals surface area contributed by atoms with Gasteiger partial charge in [0, 0.05) is 30.6 Å². The van der Waals surface area contributed by atoms with E-state index in [4.69, 9.17) is 10.2 Å². The Labute approximate surface area is 116 Å². The minimum absolute atomic E-state index is 0.236. The Balaban J connectivity index is 1.85. The molecule has 0 saturated heterocycles. The van der Waals surface area contributed by atoms with Crippen LogP contribution in [0.2, 0.25) is 0 Å². The van der Waals surface area contributed by atoms with Crippen molar-refractivity contribution in [3.8, 4) is 5.75 Å². The summed E-state index contributed by atoms with van der Waals surface area (Å²) >= 11 is 0. The molecule has 0 bridgehead atoms. The summed E-state index contributed by atoms with van der Waals surface area (Å²) in [4.78, 5) is 6.37. The molecule has 5 nitrogen and oxygen atoms in total. The van der Waals surface area contributed by atoms with Gasteiger partial charge >= 0.3 is 0 Å². The van der Waals surface area contributed by atoms with E-state index in [0.717, 1.165) is 11.2 Å². The Morgan fingerprint density at radius 1 is 1.25 bits per heavy atom. The first kappa shape index (κ1) is 12.3. The van der Waals surface area contributed by atoms with Gasteiger partial charge in [0.1, 0.15) is 11.3 Å². The number of hydrogen-bond donors (Lipinski definition) is 2. The minimum atomic E-state index is 0.236. The molecule has 3 N–H and O–H groups in total. The molecule has 0 aliphatic heterocycles. The maximum absolute atomic E-state index is 9.49. The van der Waals surface area contributed by atoms with Gasteiger partial charge in [-0.25, -0.2) is 4.98 Å². The zero-order valence-corrected chi connectivity index (χ0v) is 11.1. The minimum Gasteiger partial charge on any atom is -0.508 e. The van der Waals surface area contributed by atoms with E-state index in [1.54, 1.807) is 30.3 Å². The molecular weight excluding hydrogens is 254 g/mol. The van der Waals surface area contributed by atoms with Gasteiger partial charge in [-0.2, -0.15) is 0 Å². The van der Waals surface area contributed by atoms with Crippen LogP contribution in [0.5, 0.6) is 5.75 Å². The number of fused-ring (bicyclic) bond motifs is 1. The number of anilines is 2. The Kier molecular flexibility index (Phi) is 2.95. The first-order valence-electron chi connectivity index (χ1n) is 6.27. The Hall–Kier alpha value is -2.69. The lowest BCUT2D eigenvalue weighted by molar-refractivity contribution is 0.475. The standard InChI is InChI=1S/C15H15N3O2/c1-18(11-3-2-4-12(19)8-11)9-15-17-13-6-5-10(16)7-14(13)20-15/h2-8,19H,9,16H2,1H3. The SMILES string of the molecule is CN(Cc1nc2ccc(N)cc2o1)c1cccc(O)c1. The number of nitrogen functional groups attached to an aromatic ring is 1. The van der Waals surface area contributed by atoms with Crippen molar-refractivity contribution in [3.63, 3.8) is 0 Å². The number of nitrogens with two attached hydrogens (primary N) is 1. The number of rotatable bonds is 3. The summed E-state index contributed by atoms with van der Waals surface area (Å²) in [7, 11) is 1.91. The highest BCUT2D eigenvalue weighted by Gasteiger charge is 2.09. The highest BCUT2D eigenvalue weighted by Crippen LogP contribution is 2.23. The lowest BCUT2D eigenvalue weighted by atomic mass is 10.3. The Morgan fingerprint density at radius 2 is 2.10 bits per heavy atom. The van der Waals surface area contributed by atoms with Crippen molar-refractivity contribution in [2.75, 3.05) is 17.7 Å². The monoisotopic (exact) mass is 269 g/mol. The van der Waals surface area contributed by atoms with Crippen molar-refractivity contribution < 1.29 is 9.52 Å². The van der Waals surface area contributed by atoms with Crippen LogP contribution in [-0.2, 0) is 6.54 Å². The van der Waals surface area contributed by atoms with E-state index in [-0.39, 0.29) is 5.75 Å². The molecule has 2 aromatic carbocycles. The Morgan fingerprint density at radius 3 is 2.90 bits per heavy atom. The average Bonchev–Trinajstić information content (AvgIpc) is 2.80. The maximum Gasteiger partial charge on any atom is 0.215 e. The van der Waals surface area contributed by atoms with Crippen LogP contribution in [-0.4, -0.2) is 17.1 Å². The zero-order chi connectivity index (χ0) is 14.1. The molecule has 1 aromatic heterocycles. The first-order valence-corrected chi connectivity index (χ1v) is 6.27. The molecule has 0 spiro atoms. The molecule has 102 valence electrons. The molecule has 0 atom stereocenters. The lowest BCUT2D eigenvalue weighted by Crippen LogP contribution is -2.16. The fourth-order valence-electron chi connectivity index (χ4n) is 2.08. The molecule has 5 heteroatoms. The number of aromatic hydroxyl groups is 1. The number of phenols is 1. The Bertz CT molecular complexity index is 752. The second-order valence-corrected chi connectivity index (χ2v) is 4.71. The van der Waals surface area contributed by atoms with Gasteiger partial charge in [-0.1, -0.05) is 6.07 Å². The number of phenolic OH excluding ortho intramolecular Hbond substituents is 1. The van der Waals surface area contributed by atoms with Gasteiger partial charge in [-0.3, -0.25) is 0 Å². The quantitative estimate of drug-likeness (QED) is 0.715. The predicted octanol–water partition coefficient (Wildman–Crippen LogP) is 2.75. The van der Waals surface area contributed by atoms with E-state index >= 15 is 0 Å². The summed E-state index contributed by atoms with van der Waals surface area (Å²) in [6.07, 6.45) is 0. The molecule has 0 unspecified atom stereocenters. The maximum atomic E-state index is 9.49. The highest BCUT2D eigenvalue weighted by atomic mass is 16.3. The number of benzene rings is 2. The van der Waals surface area contributed by atoms with E-state index < -0.39 is 0 Å². The summed E-state index contributed by atoms with van der Waals surface area (Å²) in [6, 6.07) is 12.5. The molecule has 3 aromatic rings. The number of aromatic nitrogens is 1. The number of hydrogen-bond acceptors (Lipinski definition) is 5. The van der Waals surface area contributed by atoms with Crippen LogP contribution in [0.3, 0.4) is 0 Å². The van der Waals surface area contributed by atoms with Crippen molar-refractivity contribution >= 4 is 22.5 Å². The van der Waals surface area contributed by atoms with E-state index in [2.05, 4.69) is 4.98 Å². The second kappa shape index (κ2) is 4.77. The number of oxazole rings is 1. The zero-order valence-electron chi connectivity index (χ0n) is 11.1. The summed E-state index contributed by atoms with van der Waals surface area (Å²) < 4.78 is 5.68. The molecule has 0 fully saturated rings. The molecule has 0 aliphatic carbocycles. The molecule has 20 heavy (non-hydrogen) atoms. The molecule has 1 heterocycles. The molecule has 0 amide bonds. The molecule has 0 radical (unpaired) electrons. The fourth-order valence-corrected chi connectivity index (χ4v) is 2.08. The number of nitrogens with zero attached hydrogens (tertiary/aromatic N) is 2. The van der Waals surface area contributed by atoms with Gasteiger partial charge in [-0.05, 0) is 24.3 Å². The van der Waals surface area contributed by atoms with E-state index in [0.29, 0.717) is 23.7 Å². The second-order valence-electron chi connectivity index (χ2n) is 4.71. The van der Waals surface area contributed by atoms with E-state index in [1.165, 1.54) is 0 Å². The van der Waals surface area contributed by atoms with Crippen LogP contribution in [0.25, 0.3) is 11.1 Å². The van der Waals surface area contributed by atoms with Gasteiger partial charge in [0.25, 0.3) is 0 Å².